The third-order valence-corrected chi connectivity index (χ3v) is 18.7. The number of rotatable bonds is 7. The topological polar surface area (TPSA) is 21.3 Å². The molecule has 2 aromatic heterocycles. The van der Waals surface area contributed by atoms with Crippen LogP contribution in [0.5, 0.6) is 0 Å². The fourth-order valence-corrected chi connectivity index (χ4v) is 15.4. The Morgan fingerprint density at radius 2 is 0.880 bits per heavy atom. The molecule has 0 saturated carbocycles. The molecule has 83 heavy (non-hydrogen) atoms. The predicted molar refractivity (Wildman–Crippen MR) is 342 cm³/mol. The molecule has 1 unspecified atom stereocenters. The number of para-hydroxylation sites is 5. The lowest BCUT2D eigenvalue weighted by molar-refractivity contribution is 0.670. The van der Waals surface area contributed by atoms with Crippen LogP contribution in [0.15, 0.2) is 308 Å². The summed E-state index contributed by atoms with van der Waals surface area (Å²) in [6, 6.07) is 113. The van der Waals surface area contributed by atoms with Crippen molar-refractivity contribution in [1.29, 1.82) is 0 Å². The van der Waals surface area contributed by atoms with Crippen LogP contribution in [0.3, 0.4) is 0 Å². The molecule has 0 radical (unpaired) electrons. The maximum Gasteiger partial charge on any atom is 0.143 e. The highest BCUT2D eigenvalue weighted by Gasteiger charge is 2.51. The summed E-state index contributed by atoms with van der Waals surface area (Å²) in [7, 11) is 0. The zero-order valence-corrected chi connectivity index (χ0v) is 45.2. The number of aromatic nitrogens is 1. The quantitative estimate of drug-likeness (QED) is 0.159. The fraction of sp³-hybridized carbons (Fsp3) is 0.0250. The summed E-state index contributed by atoms with van der Waals surface area (Å²) >= 11 is 0. The lowest BCUT2D eigenvalue weighted by Crippen LogP contribution is -2.33. The lowest BCUT2D eigenvalue weighted by Gasteiger charge is -2.39. The summed E-state index contributed by atoms with van der Waals surface area (Å²) in [6.07, 6.45) is 0. The van der Waals surface area contributed by atoms with Crippen molar-refractivity contribution >= 4 is 60.8 Å². The van der Waals surface area contributed by atoms with Gasteiger partial charge in [-0.2, -0.15) is 0 Å². The molecule has 0 fully saturated rings. The number of hydrogen-bond acceptors (Lipinski definition) is 2. The van der Waals surface area contributed by atoms with Gasteiger partial charge in [0.15, 0.2) is 0 Å². The molecule has 0 N–H and O–H groups in total. The van der Waals surface area contributed by atoms with Crippen molar-refractivity contribution in [1.82, 2.24) is 4.57 Å². The molecule has 1 atom stereocenters. The normalized spacial score (nSPS) is 14.9. The van der Waals surface area contributed by atoms with E-state index in [1.807, 2.05) is 6.07 Å². The van der Waals surface area contributed by atoms with E-state index in [9.17, 15) is 0 Å². The van der Waals surface area contributed by atoms with Gasteiger partial charge in [0.2, 0.25) is 0 Å². The van der Waals surface area contributed by atoms with Crippen LogP contribution in [-0.4, -0.2) is 4.57 Å². The average molecular weight is 1060 g/mol. The molecule has 3 aliphatic rings. The average Bonchev–Trinajstić information content (AvgIpc) is 1.71. The zero-order chi connectivity index (χ0) is 54.4. The van der Waals surface area contributed by atoms with Crippen LogP contribution in [0.2, 0.25) is 0 Å². The van der Waals surface area contributed by atoms with Crippen molar-refractivity contribution in [2.75, 3.05) is 4.90 Å². The molecule has 386 valence electrons. The summed E-state index contributed by atoms with van der Waals surface area (Å²) in [6.45, 7) is 0. The molecule has 18 rings (SSSR count). The highest BCUT2D eigenvalue weighted by Crippen LogP contribution is 2.63. The number of hydrogen-bond donors (Lipinski definition) is 0. The number of fused-ring (bicyclic) bond motifs is 18. The van der Waals surface area contributed by atoms with Crippen molar-refractivity contribution in [3.63, 3.8) is 0 Å². The Morgan fingerprint density at radius 1 is 0.313 bits per heavy atom. The van der Waals surface area contributed by atoms with Crippen molar-refractivity contribution in [2.24, 2.45) is 0 Å². The summed E-state index contributed by atoms with van der Waals surface area (Å²) in [5, 5.41) is 4.80. The first kappa shape index (κ1) is 46.1. The Kier molecular flexibility index (Phi) is 9.64. The highest BCUT2D eigenvalue weighted by atomic mass is 16.3. The molecule has 0 bridgehead atoms. The number of nitrogens with zero attached hydrogens (tertiary/aromatic N) is 2. The first-order valence-corrected chi connectivity index (χ1v) is 28.8. The minimum atomic E-state index is -0.568. The Labute approximate surface area is 480 Å². The summed E-state index contributed by atoms with van der Waals surface area (Å²) < 4.78 is 9.14. The van der Waals surface area contributed by atoms with Crippen LogP contribution >= 0.6 is 0 Å². The van der Waals surface area contributed by atoms with E-state index in [1.165, 1.54) is 99.8 Å². The SMILES string of the molecule is c1ccc(C2(c3ccccc3)c3ccccc3-c3c(N(c4ccc(-c5cccc6c5oc5ccccc56)cc4)c4cccc(-c5ccc6c(c5)C5(c7ccccc7-6)c6ccccc6-n6c7ccccc7c7cccc5c76)c4)cccc32)cc1. The van der Waals surface area contributed by atoms with Crippen molar-refractivity contribution in [2.45, 2.75) is 10.8 Å². The lowest BCUT2D eigenvalue weighted by atomic mass is 9.65. The second-order valence-corrected chi connectivity index (χ2v) is 22.6. The van der Waals surface area contributed by atoms with Crippen LogP contribution in [-0.2, 0) is 10.8 Å². The van der Waals surface area contributed by atoms with E-state index in [-0.39, 0.29) is 0 Å². The molecule has 2 aliphatic carbocycles. The van der Waals surface area contributed by atoms with Gasteiger partial charge in [0, 0.05) is 44.0 Å². The van der Waals surface area contributed by atoms with Gasteiger partial charge < -0.3 is 13.9 Å². The van der Waals surface area contributed by atoms with Crippen LogP contribution in [0.25, 0.3) is 93.9 Å². The van der Waals surface area contributed by atoms with E-state index in [0.29, 0.717) is 0 Å². The molecule has 3 nitrogen and oxygen atoms in total. The Morgan fingerprint density at radius 3 is 1.70 bits per heavy atom. The molecule has 1 aliphatic heterocycles. The van der Waals surface area contributed by atoms with Crippen LogP contribution in [0, 0.1) is 0 Å². The maximum absolute atomic E-state index is 6.62. The first-order valence-electron chi connectivity index (χ1n) is 28.8. The Balaban J connectivity index is 0.858. The molecule has 15 aromatic rings. The van der Waals surface area contributed by atoms with E-state index in [4.69, 9.17) is 4.42 Å². The summed E-state index contributed by atoms with van der Waals surface area (Å²) in [5.74, 6) is 0. The van der Waals surface area contributed by atoms with Gasteiger partial charge in [0.1, 0.15) is 11.2 Å². The van der Waals surface area contributed by atoms with E-state index in [0.717, 1.165) is 55.7 Å². The number of benzene rings is 13. The van der Waals surface area contributed by atoms with E-state index in [1.54, 1.807) is 0 Å². The van der Waals surface area contributed by atoms with Crippen LogP contribution in [0.1, 0.15) is 44.5 Å². The molecule has 1 spiro atoms. The van der Waals surface area contributed by atoms with Crippen molar-refractivity contribution in [3.05, 3.63) is 348 Å². The minimum Gasteiger partial charge on any atom is -0.455 e. The Hall–Kier alpha value is -10.7. The van der Waals surface area contributed by atoms with E-state index in [2.05, 4.69) is 307 Å². The van der Waals surface area contributed by atoms with Crippen LogP contribution in [0.4, 0.5) is 17.1 Å². The van der Waals surface area contributed by atoms with Crippen LogP contribution < -0.4 is 4.90 Å². The molecule has 0 saturated heterocycles. The van der Waals surface area contributed by atoms with E-state index >= 15 is 0 Å². The molecule has 3 heteroatoms. The van der Waals surface area contributed by atoms with Crippen molar-refractivity contribution in [3.8, 4) is 50.2 Å². The third-order valence-electron chi connectivity index (χ3n) is 18.7. The third kappa shape index (κ3) is 6.18. The zero-order valence-electron chi connectivity index (χ0n) is 45.2. The van der Waals surface area contributed by atoms with Gasteiger partial charge in [0.05, 0.1) is 33.2 Å². The predicted octanol–water partition coefficient (Wildman–Crippen LogP) is 20.5. The highest BCUT2D eigenvalue weighted by molar-refractivity contribution is 6.13. The minimum absolute atomic E-state index is 0.567. The van der Waals surface area contributed by atoms with Gasteiger partial charge in [-0.15, -0.1) is 0 Å². The molecular formula is C80H50N2O. The molecule has 3 heterocycles. The largest absolute Gasteiger partial charge is 0.455 e. The van der Waals surface area contributed by atoms with E-state index < -0.39 is 10.8 Å². The second kappa shape index (κ2) is 17.4. The van der Waals surface area contributed by atoms with Gasteiger partial charge in [-0.25, -0.2) is 0 Å². The number of furan rings is 1. The summed E-state index contributed by atoms with van der Waals surface area (Å²) in [4.78, 5) is 2.50. The molecule has 13 aromatic carbocycles. The molecular weight excluding hydrogens is 1000 g/mol. The summed E-state index contributed by atoms with van der Waals surface area (Å²) in [5.41, 5.74) is 27.3. The van der Waals surface area contributed by atoms with Gasteiger partial charge >= 0.3 is 0 Å². The fourth-order valence-electron chi connectivity index (χ4n) is 15.4. The van der Waals surface area contributed by atoms with Crippen molar-refractivity contribution < 1.29 is 4.42 Å². The Bertz CT molecular complexity index is 5120. The standard InChI is InChI=1S/C80H50N2O/c1-3-22-54(23-4-1)79(55-24-5-2-6-25-55)67-35-12-8-30-65(67)76-69(79)37-20-41-74(76)81(56-46-43-51(44-47-56)58-31-18-33-64-62-29-10-16-42-75(62)83-78(58)64)57-26-17-21-52(49-57)53-45-48-60-59-27-7-11-34-66(59)80(71(60)50-53)68-36-13-15-40-73(68)82-72-39-14-9-28-61(72)63-32-19-38-70(80)77(63)82/h1-50H. The first-order chi connectivity index (χ1) is 41.2. The smallest absolute Gasteiger partial charge is 0.143 e. The second-order valence-electron chi connectivity index (χ2n) is 22.6. The van der Waals surface area contributed by atoms with Gasteiger partial charge in [-0.05, 0) is 132 Å². The van der Waals surface area contributed by atoms with Gasteiger partial charge in [0.25, 0.3) is 0 Å². The number of anilines is 3. The monoisotopic (exact) mass is 1050 g/mol. The van der Waals surface area contributed by atoms with Gasteiger partial charge in [-0.3, -0.25) is 0 Å². The molecule has 0 amide bonds. The van der Waals surface area contributed by atoms with Gasteiger partial charge in [-0.1, -0.05) is 249 Å². The maximum atomic E-state index is 6.62.